The summed E-state index contributed by atoms with van der Waals surface area (Å²) in [6.45, 7) is 16.2. The topological polar surface area (TPSA) is 21.4 Å². The minimum atomic E-state index is 0.230. The first-order valence-corrected chi connectivity index (χ1v) is 9.59. The number of fused-ring (bicyclic) bond motifs is 3. The summed E-state index contributed by atoms with van der Waals surface area (Å²) in [5.74, 6) is 0. The summed E-state index contributed by atoms with van der Waals surface area (Å²) in [7, 11) is 2.08. The highest BCUT2D eigenvalue weighted by Crippen LogP contribution is 2.38. The Bertz CT molecular complexity index is 1250. The number of aryl methyl sites for hydroxylation is 2. The van der Waals surface area contributed by atoms with Crippen LogP contribution in [0.15, 0.2) is 53.1 Å². The molecule has 3 nitrogen and oxygen atoms in total. The van der Waals surface area contributed by atoms with Crippen molar-refractivity contribution in [3.8, 4) is 11.3 Å². The van der Waals surface area contributed by atoms with Crippen LogP contribution in [0.3, 0.4) is 0 Å². The Balaban J connectivity index is 1.99. The van der Waals surface area contributed by atoms with Crippen LogP contribution in [0.25, 0.3) is 38.0 Å². The molecule has 28 heavy (non-hydrogen) atoms. The highest BCUT2D eigenvalue weighted by Gasteiger charge is 2.22. The van der Waals surface area contributed by atoms with E-state index in [0.717, 1.165) is 39.6 Å². The van der Waals surface area contributed by atoms with Crippen molar-refractivity contribution in [1.29, 1.82) is 0 Å². The van der Waals surface area contributed by atoms with Gasteiger partial charge in [-0.2, -0.15) is 0 Å². The van der Waals surface area contributed by atoms with Gasteiger partial charge in [0.1, 0.15) is 18.2 Å². The van der Waals surface area contributed by atoms with E-state index in [4.69, 9.17) is 11.0 Å². The third-order valence-corrected chi connectivity index (χ3v) is 5.17. The Morgan fingerprint density at radius 1 is 1.04 bits per heavy atom. The van der Waals surface area contributed by atoms with Gasteiger partial charge in [0.05, 0.1) is 12.1 Å². The maximum absolute atomic E-state index is 7.27. The summed E-state index contributed by atoms with van der Waals surface area (Å²) in [4.78, 5) is 3.53. The summed E-state index contributed by atoms with van der Waals surface area (Å²) in [5.41, 5.74) is 7.26. The number of hydrogen-bond acceptors (Lipinski definition) is 1. The molecular formula is C25H25N2O+. The molecule has 0 aliphatic carbocycles. The molecule has 0 bridgehead atoms. The number of furan rings is 1. The van der Waals surface area contributed by atoms with Crippen molar-refractivity contribution in [2.24, 2.45) is 12.5 Å². The van der Waals surface area contributed by atoms with Gasteiger partial charge in [-0.3, -0.25) is 0 Å². The number of aromatic nitrogens is 1. The van der Waals surface area contributed by atoms with Gasteiger partial charge in [0.2, 0.25) is 5.69 Å². The van der Waals surface area contributed by atoms with Crippen LogP contribution in [-0.2, 0) is 13.5 Å². The van der Waals surface area contributed by atoms with Crippen molar-refractivity contribution in [3.05, 3.63) is 71.2 Å². The zero-order valence-corrected chi connectivity index (χ0v) is 17.1. The SMILES string of the molecule is [C-]#[N+]c1ccc2c(c1)oc1c(-c3cc(CC(C)(C)C)cc[n+]3C)c(C)ccc12. The molecule has 0 saturated heterocycles. The first-order chi connectivity index (χ1) is 13.3. The van der Waals surface area contributed by atoms with Crippen molar-refractivity contribution in [1.82, 2.24) is 0 Å². The smallest absolute Gasteiger partial charge is 0.216 e. The van der Waals surface area contributed by atoms with Crippen LogP contribution in [0.4, 0.5) is 5.69 Å². The molecule has 0 atom stereocenters. The Morgan fingerprint density at radius 3 is 2.50 bits per heavy atom. The predicted octanol–water partition coefficient (Wildman–Crippen LogP) is 6.53. The molecule has 0 saturated carbocycles. The van der Waals surface area contributed by atoms with Crippen molar-refractivity contribution in [2.75, 3.05) is 0 Å². The zero-order chi connectivity index (χ0) is 20.1. The summed E-state index contributed by atoms with van der Waals surface area (Å²) in [6, 6.07) is 14.4. The molecule has 0 aliphatic heterocycles. The van der Waals surface area contributed by atoms with Gasteiger partial charge in [0, 0.05) is 22.9 Å². The van der Waals surface area contributed by atoms with Crippen LogP contribution >= 0.6 is 0 Å². The fourth-order valence-electron chi connectivity index (χ4n) is 3.90. The van der Waals surface area contributed by atoms with E-state index in [-0.39, 0.29) is 5.41 Å². The first-order valence-electron chi connectivity index (χ1n) is 9.59. The summed E-state index contributed by atoms with van der Waals surface area (Å²) in [6.07, 6.45) is 3.15. The van der Waals surface area contributed by atoms with Crippen molar-refractivity contribution in [3.63, 3.8) is 0 Å². The minimum Gasteiger partial charge on any atom is -0.456 e. The molecular weight excluding hydrogens is 344 g/mol. The van der Waals surface area contributed by atoms with E-state index < -0.39 is 0 Å². The number of nitrogens with zero attached hydrogens (tertiary/aromatic N) is 2. The molecule has 0 aliphatic rings. The summed E-state index contributed by atoms with van der Waals surface area (Å²) < 4.78 is 8.46. The van der Waals surface area contributed by atoms with E-state index in [1.165, 1.54) is 11.1 Å². The lowest BCUT2D eigenvalue weighted by molar-refractivity contribution is -0.660. The molecule has 0 spiro atoms. The highest BCUT2D eigenvalue weighted by atomic mass is 16.3. The lowest BCUT2D eigenvalue weighted by Gasteiger charge is -2.18. The van der Waals surface area contributed by atoms with E-state index in [9.17, 15) is 0 Å². The van der Waals surface area contributed by atoms with Crippen molar-refractivity contribution in [2.45, 2.75) is 34.1 Å². The predicted molar refractivity (Wildman–Crippen MR) is 114 cm³/mol. The van der Waals surface area contributed by atoms with Gasteiger partial charge < -0.3 is 4.42 Å². The van der Waals surface area contributed by atoms with E-state index in [2.05, 4.69) is 74.6 Å². The summed E-state index contributed by atoms with van der Waals surface area (Å²) >= 11 is 0. The third kappa shape index (κ3) is 3.16. The highest BCUT2D eigenvalue weighted by molar-refractivity contribution is 6.10. The van der Waals surface area contributed by atoms with Gasteiger partial charge in [-0.05, 0) is 36.0 Å². The Labute approximate surface area is 166 Å². The van der Waals surface area contributed by atoms with Gasteiger partial charge >= 0.3 is 0 Å². The van der Waals surface area contributed by atoms with Gasteiger partial charge in [-0.1, -0.05) is 45.0 Å². The molecule has 140 valence electrons. The normalized spacial score (nSPS) is 11.9. The second-order valence-electron chi connectivity index (χ2n) is 8.80. The molecule has 4 aromatic rings. The standard InChI is InChI=1S/C25H25N2O/c1-16-7-9-20-19-10-8-18(26-5)14-22(19)28-24(20)23(16)21-13-17(11-12-27(21)6)15-25(2,3)4/h7-14H,15H2,1-4,6H3/q+1. The van der Waals surface area contributed by atoms with Crippen LogP contribution in [0, 0.1) is 18.9 Å². The van der Waals surface area contributed by atoms with Crippen LogP contribution in [-0.4, -0.2) is 0 Å². The van der Waals surface area contributed by atoms with E-state index in [1.54, 1.807) is 0 Å². The Hall–Kier alpha value is -3.12. The Morgan fingerprint density at radius 2 is 1.79 bits per heavy atom. The second kappa shape index (κ2) is 6.49. The molecule has 4 rings (SSSR count). The quantitative estimate of drug-likeness (QED) is 0.291. The maximum atomic E-state index is 7.27. The fourth-order valence-corrected chi connectivity index (χ4v) is 3.90. The largest absolute Gasteiger partial charge is 0.456 e. The number of pyridine rings is 1. The maximum Gasteiger partial charge on any atom is 0.216 e. The van der Waals surface area contributed by atoms with Crippen LogP contribution in [0.2, 0.25) is 0 Å². The number of hydrogen-bond donors (Lipinski definition) is 0. The van der Waals surface area contributed by atoms with Crippen molar-refractivity contribution < 1.29 is 8.98 Å². The number of rotatable bonds is 2. The van der Waals surface area contributed by atoms with Gasteiger partial charge in [-0.15, -0.1) is 0 Å². The molecule has 2 heterocycles. The summed E-state index contributed by atoms with van der Waals surface area (Å²) in [5, 5.41) is 2.14. The average molecular weight is 369 g/mol. The third-order valence-electron chi connectivity index (χ3n) is 5.17. The molecule has 3 heteroatoms. The average Bonchev–Trinajstić information content (AvgIpc) is 2.99. The molecule has 0 amide bonds. The lowest BCUT2D eigenvalue weighted by Crippen LogP contribution is -2.31. The molecule has 2 aromatic heterocycles. The molecule has 0 N–H and O–H groups in total. The van der Waals surface area contributed by atoms with Gasteiger partial charge in [0.15, 0.2) is 11.9 Å². The van der Waals surface area contributed by atoms with Crippen LogP contribution in [0.5, 0.6) is 0 Å². The zero-order valence-electron chi connectivity index (χ0n) is 17.1. The van der Waals surface area contributed by atoms with Gasteiger partial charge in [-0.25, -0.2) is 9.41 Å². The monoisotopic (exact) mass is 369 g/mol. The Kier molecular flexibility index (Phi) is 4.23. The fraction of sp³-hybridized carbons (Fsp3) is 0.280. The number of benzene rings is 2. The van der Waals surface area contributed by atoms with Crippen LogP contribution < -0.4 is 4.57 Å². The molecule has 0 radical (unpaired) electrons. The molecule has 2 aromatic carbocycles. The molecule has 0 unspecified atom stereocenters. The van der Waals surface area contributed by atoms with Gasteiger partial charge in [0.25, 0.3) is 0 Å². The van der Waals surface area contributed by atoms with E-state index >= 15 is 0 Å². The molecule has 0 fully saturated rings. The van der Waals surface area contributed by atoms with E-state index in [0.29, 0.717) is 5.69 Å². The second-order valence-corrected chi connectivity index (χ2v) is 8.80. The van der Waals surface area contributed by atoms with Crippen molar-refractivity contribution >= 4 is 27.6 Å². The van der Waals surface area contributed by atoms with Crippen LogP contribution in [0.1, 0.15) is 31.9 Å². The minimum absolute atomic E-state index is 0.230. The first kappa shape index (κ1) is 18.3. The lowest BCUT2D eigenvalue weighted by atomic mass is 9.88. The van der Waals surface area contributed by atoms with E-state index in [1.807, 2.05) is 18.2 Å².